The van der Waals surface area contributed by atoms with Gasteiger partial charge in [-0.1, -0.05) is 180 Å². The second-order valence-electron chi connectivity index (χ2n) is 42.2. The molecule has 0 aliphatic heterocycles. The van der Waals surface area contributed by atoms with Crippen LogP contribution in [0.2, 0.25) is 0 Å². The zero-order chi connectivity index (χ0) is 82.7. The van der Waals surface area contributed by atoms with Gasteiger partial charge in [-0.3, -0.25) is 9.59 Å². The number of unbranched alkanes of at least 4 members (excludes halogenated alkanes) is 18. The Hall–Kier alpha value is -11.3. The molecule has 2 spiro atoms. The lowest BCUT2D eigenvalue weighted by atomic mass is 9.68. The van der Waals surface area contributed by atoms with Gasteiger partial charge in [-0.15, -0.1) is 0 Å². The van der Waals surface area contributed by atoms with Crippen LogP contribution in [0.1, 0.15) is 249 Å². The van der Waals surface area contributed by atoms with Gasteiger partial charge in [0.1, 0.15) is 0 Å². The van der Waals surface area contributed by atoms with Crippen molar-refractivity contribution in [1.29, 1.82) is 0 Å². The van der Waals surface area contributed by atoms with Crippen molar-refractivity contribution < 1.29 is 47.6 Å². The van der Waals surface area contributed by atoms with Crippen molar-refractivity contribution in [2.75, 3.05) is 39.6 Å². The van der Waals surface area contributed by atoms with Crippen molar-refractivity contribution in [1.82, 2.24) is 0 Å². The summed E-state index contributed by atoms with van der Waals surface area (Å²) in [7, 11) is 0. The maximum absolute atomic E-state index is 18.0. The molecule has 0 N–H and O–H groups in total. The van der Waals surface area contributed by atoms with E-state index in [0.29, 0.717) is 62.6 Å². The first kappa shape index (κ1) is 68.8. The van der Waals surface area contributed by atoms with Gasteiger partial charge in [0.15, 0.2) is 5.41 Å². The molecule has 127 heavy (non-hydrogen) atoms. The van der Waals surface area contributed by atoms with Crippen molar-refractivity contribution in [3.05, 3.63) is 93.0 Å². The van der Waals surface area contributed by atoms with E-state index in [4.69, 9.17) is 28.4 Å². The predicted octanol–water partition coefficient (Wildman–Crippen LogP) is 30.6. The van der Waals surface area contributed by atoms with Crippen molar-refractivity contribution in [3.63, 3.8) is 0 Å². The lowest BCUT2D eigenvalue weighted by Gasteiger charge is -2.32. The largest absolute Gasteiger partial charge is 0.465 e. The van der Waals surface area contributed by atoms with E-state index in [9.17, 15) is 9.59 Å². The first-order valence-corrected chi connectivity index (χ1v) is 49.6. The summed E-state index contributed by atoms with van der Waals surface area (Å²) in [6.07, 6.45) is 27.9. The van der Waals surface area contributed by atoms with E-state index in [1.54, 1.807) is 53.9 Å². The second kappa shape index (κ2) is 22.2. The van der Waals surface area contributed by atoms with Gasteiger partial charge < -0.3 is 28.4 Å². The Morgan fingerprint density at radius 1 is 0.236 bits per heavy atom. The molecule has 10 heteroatoms. The average molecular weight is 1660 g/mol. The van der Waals surface area contributed by atoms with Crippen molar-refractivity contribution in [3.8, 4) is 0 Å². The van der Waals surface area contributed by atoms with E-state index in [2.05, 4.69) is 27.7 Å². The molecule has 0 heterocycles. The summed E-state index contributed by atoms with van der Waals surface area (Å²) in [6.45, 7) is 12.7. The Morgan fingerprint density at radius 3 is 0.638 bits per heavy atom. The van der Waals surface area contributed by atoms with Crippen LogP contribution in [0, 0.1) is 17.3 Å². The highest BCUT2D eigenvalue weighted by Gasteiger charge is 3.01. The third kappa shape index (κ3) is 6.49. The molecule has 0 aromatic heterocycles. The molecule has 2 unspecified atom stereocenters. The minimum Gasteiger partial charge on any atom is -0.465 e. The normalized spacial score (nSPS) is 19.1. The molecular weight excluding hydrogens is 1570 g/mol. The molecule has 30 aromatic rings. The van der Waals surface area contributed by atoms with Gasteiger partial charge >= 0.3 is 23.9 Å². The van der Waals surface area contributed by atoms with E-state index >= 15 is 9.59 Å². The second-order valence-corrected chi connectivity index (χ2v) is 42.2. The molecule has 0 bridgehead atoms. The monoisotopic (exact) mass is 1650 g/mol. The SMILES string of the molecule is CCCCC(CC)COC(=O)c1ccc(COCCCCCCCCCCCOC(=O)C2(C(=O)OCCCCCCCCCCCOCc3ccc(C(=O)OCC(CC)CCCC)cc3)C34c5c6c7c8c9c%10c(c%11c%12c3c3c5c5c%13c6c6c7c7c9c9c%14c%10c%10c%11c%11c%12c%12c3c3c5c5c%13c%13c6c6c7c9c7c9c%14c%10c%10c%11c%11c%12c3c3c5c5c%13c6c7c6c9c%10c%11c3c56)C824)cc1. The van der Waals surface area contributed by atoms with Gasteiger partial charge in [0.25, 0.3) is 0 Å². The van der Waals surface area contributed by atoms with Crippen LogP contribution < -0.4 is 0 Å². The molecular formula is C117H90O10. The Bertz CT molecular complexity index is 8600. The molecule has 35 rings (SSSR count). The topological polar surface area (TPSA) is 124 Å². The van der Waals surface area contributed by atoms with Crippen LogP contribution in [-0.4, -0.2) is 63.5 Å². The predicted molar refractivity (Wildman–Crippen MR) is 521 cm³/mol. The molecule has 10 nitrogen and oxygen atoms in total. The molecule has 0 saturated heterocycles. The number of carbonyl (C=O) groups is 4. The molecule has 30 aromatic carbocycles. The quantitative estimate of drug-likeness (QED) is 0.0120. The number of hydrogen-bond donors (Lipinski definition) is 0. The Morgan fingerprint density at radius 2 is 0.433 bits per heavy atom. The van der Waals surface area contributed by atoms with Crippen LogP contribution >= 0.6 is 0 Å². The van der Waals surface area contributed by atoms with Crippen molar-refractivity contribution >= 4 is 315 Å². The van der Waals surface area contributed by atoms with E-state index in [-0.39, 0.29) is 37.1 Å². The van der Waals surface area contributed by atoms with Crippen LogP contribution in [0.25, 0.3) is 291 Å². The molecule has 5 aliphatic carbocycles. The number of esters is 4. The summed E-state index contributed by atoms with van der Waals surface area (Å²) in [5.41, 5.74) is 4.45. The Labute approximate surface area is 726 Å². The maximum atomic E-state index is 18.0. The number of hydrogen-bond acceptors (Lipinski definition) is 10. The average Bonchev–Trinajstić information content (AvgIpc) is 1.35. The molecule has 2 atom stereocenters. The highest BCUT2D eigenvalue weighted by Crippen LogP contribution is 2.97. The summed E-state index contributed by atoms with van der Waals surface area (Å²) in [5.74, 6) is -0.354. The summed E-state index contributed by atoms with van der Waals surface area (Å²) in [5, 5.41) is 80.0. The molecule has 0 radical (unpaired) electrons. The van der Waals surface area contributed by atoms with Crippen LogP contribution in [0.3, 0.4) is 0 Å². The summed E-state index contributed by atoms with van der Waals surface area (Å²) < 4.78 is 38.4. The Balaban J connectivity index is 0.449. The maximum Gasteiger partial charge on any atom is 0.338 e. The molecule has 1 saturated carbocycles. The lowest BCUT2D eigenvalue weighted by molar-refractivity contribution is -0.166. The molecule has 618 valence electrons. The minimum atomic E-state index is -1.76. The van der Waals surface area contributed by atoms with Crippen LogP contribution in [0.15, 0.2) is 48.5 Å². The fourth-order valence-corrected chi connectivity index (χ4v) is 33.1. The fourth-order valence-electron chi connectivity index (χ4n) is 33.1. The van der Waals surface area contributed by atoms with Gasteiger partial charge in [0, 0.05) is 13.2 Å². The summed E-state index contributed by atoms with van der Waals surface area (Å²) in [6, 6.07) is 15.4. The smallest absolute Gasteiger partial charge is 0.338 e. The Kier molecular flexibility index (Phi) is 12.0. The van der Waals surface area contributed by atoms with Crippen molar-refractivity contribution in [2.45, 2.75) is 219 Å². The molecule has 0 amide bonds. The van der Waals surface area contributed by atoms with E-state index in [0.717, 1.165) is 152 Å². The van der Waals surface area contributed by atoms with Gasteiger partial charge in [0.2, 0.25) is 0 Å². The van der Waals surface area contributed by atoms with Gasteiger partial charge in [0.05, 0.1) is 61.6 Å². The molecule has 1 fully saturated rings. The third-order valence-electron chi connectivity index (χ3n) is 37.2. The van der Waals surface area contributed by atoms with Crippen LogP contribution in [0.5, 0.6) is 0 Å². The number of benzene rings is 20. The number of carbonyl (C=O) groups excluding carboxylic acids is 4. The van der Waals surface area contributed by atoms with Gasteiger partial charge in [-0.2, -0.15) is 0 Å². The number of ether oxygens (including phenoxy) is 6. The highest BCUT2D eigenvalue weighted by molar-refractivity contribution is 6.82. The lowest BCUT2D eigenvalue weighted by Crippen LogP contribution is -2.39. The zero-order valence-electron chi connectivity index (χ0n) is 72.4. The third-order valence-corrected chi connectivity index (χ3v) is 37.2. The molecule has 5 aliphatic rings. The summed E-state index contributed by atoms with van der Waals surface area (Å²) in [4.78, 5) is 61.8. The van der Waals surface area contributed by atoms with E-state index in [1.165, 1.54) is 285 Å². The van der Waals surface area contributed by atoms with E-state index < -0.39 is 16.2 Å². The highest BCUT2D eigenvalue weighted by atomic mass is 16.6. The first-order chi connectivity index (χ1) is 62.8. The van der Waals surface area contributed by atoms with Crippen LogP contribution in [0.4, 0.5) is 0 Å². The van der Waals surface area contributed by atoms with Crippen LogP contribution in [-0.2, 0) is 62.1 Å². The summed E-state index contributed by atoms with van der Waals surface area (Å²) >= 11 is 0. The van der Waals surface area contributed by atoms with Gasteiger partial charge in [-0.25, -0.2) is 9.59 Å². The fraction of sp³-hybridized carbons (Fsp3) is 0.368. The van der Waals surface area contributed by atoms with E-state index in [1.807, 2.05) is 48.5 Å². The standard InChI is InChI=1S/C117H90O10/c1-5-9-29-47(7-3)45-126-111(118)51-35-31-49(32-36-51)43-122-39-25-21-17-13-11-15-19-23-27-41-124-113(120)117(114(121)125-42-28-24-20-16-12-14-18-22-26-40-123-44-50-33-37-52(38-34-50)112(119)127-46-48(8-4)30-10-6-2)115-107-99-91-81-71-63-55-53-54-57-61-59(55)67-75-69(61)79-73-65(57)66-58(54)62-60-56(53)64(63)72-78-68(60)76-70(62)80-74(66)84-83(73)93-87(79)97-89(75)95(85(91)77(67)71)103(107)105(97)109-101(93)102-94(84)88(80)98-90(76)96-86(78)92(82(72)81)100(99)108(115)104(96)106(98)110(102)116(109,115)117/h31-38,47-48H,5-30,39-46H2,1-4H3. The zero-order valence-corrected chi connectivity index (χ0v) is 72.4. The number of rotatable bonds is 44. The first-order valence-electron chi connectivity index (χ1n) is 49.6. The van der Waals surface area contributed by atoms with Gasteiger partial charge in [-0.05, 0) is 399 Å². The minimum absolute atomic E-state index is 0.246. The van der Waals surface area contributed by atoms with Crippen molar-refractivity contribution in [2.24, 2.45) is 17.3 Å².